The molecule has 0 aliphatic carbocycles. The van der Waals surface area contributed by atoms with Crippen LogP contribution in [-0.2, 0) is 6.42 Å². The molecule has 1 heterocycles. The van der Waals surface area contributed by atoms with Gasteiger partial charge in [0.2, 0.25) is 0 Å². The number of methoxy groups -OCH3 is 1. The van der Waals surface area contributed by atoms with Gasteiger partial charge in [0, 0.05) is 29.4 Å². The second kappa shape index (κ2) is 9.09. The molecule has 30 heavy (non-hydrogen) atoms. The summed E-state index contributed by atoms with van der Waals surface area (Å²) in [6.45, 7) is 0.563. The molecule has 0 unspecified atom stereocenters. The van der Waals surface area contributed by atoms with Crippen molar-refractivity contribution < 1.29 is 9.53 Å². The molecule has 0 radical (unpaired) electrons. The average Bonchev–Trinajstić information content (AvgIpc) is 2.80. The van der Waals surface area contributed by atoms with Crippen LogP contribution in [-0.4, -0.2) is 24.5 Å². The molecule has 5 nitrogen and oxygen atoms in total. The number of hydrogen-bond acceptors (Lipinski definition) is 4. The second-order valence-electron chi connectivity index (χ2n) is 6.94. The van der Waals surface area contributed by atoms with Crippen molar-refractivity contribution in [3.8, 4) is 5.75 Å². The molecule has 0 saturated carbocycles. The number of nitrogens with one attached hydrogen (secondary N) is 2. The molecular formula is C25H23N3O2. The van der Waals surface area contributed by atoms with Gasteiger partial charge in [0.1, 0.15) is 11.6 Å². The molecule has 5 heteroatoms. The van der Waals surface area contributed by atoms with Crippen LogP contribution in [0.15, 0.2) is 85.1 Å². The molecule has 4 rings (SSSR count). The summed E-state index contributed by atoms with van der Waals surface area (Å²) in [6, 6.07) is 25.4. The van der Waals surface area contributed by atoms with E-state index >= 15 is 0 Å². The molecule has 2 N–H and O–H groups in total. The molecule has 0 saturated heterocycles. The zero-order valence-electron chi connectivity index (χ0n) is 16.8. The maximum Gasteiger partial charge on any atom is 0.251 e. The van der Waals surface area contributed by atoms with Gasteiger partial charge in [0.15, 0.2) is 0 Å². The zero-order valence-corrected chi connectivity index (χ0v) is 16.8. The summed E-state index contributed by atoms with van der Waals surface area (Å²) in [5.74, 6) is 1.50. The minimum Gasteiger partial charge on any atom is -0.497 e. The predicted molar refractivity (Wildman–Crippen MR) is 120 cm³/mol. The maximum atomic E-state index is 12.6. The summed E-state index contributed by atoms with van der Waals surface area (Å²) in [5, 5.41) is 8.46. The van der Waals surface area contributed by atoms with E-state index in [2.05, 4.69) is 21.7 Å². The Labute approximate surface area is 175 Å². The van der Waals surface area contributed by atoms with Crippen molar-refractivity contribution in [3.63, 3.8) is 0 Å². The van der Waals surface area contributed by atoms with Crippen molar-refractivity contribution in [2.24, 2.45) is 0 Å². The van der Waals surface area contributed by atoms with E-state index in [1.807, 2.05) is 72.8 Å². The molecule has 0 spiro atoms. The highest BCUT2D eigenvalue weighted by Crippen LogP contribution is 2.24. The van der Waals surface area contributed by atoms with Crippen molar-refractivity contribution >= 4 is 28.2 Å². The molecule has 1 amide bonds. The summed E-state index contributed by atoms with van der Waals surface area (Å²) < 4.78 is 5.17. The smallest absolute Gasteiger partial charge is 0.251 e. The third-order valence-corrected chi connectivity index (χ3v) is 4.92. The van der Waals surface area contributed by atoms with Crippen molar-refractivity contribution in [1.82, 2.24) is 10.3 Å². The van der Waals surface area contributed by atoms with Crippen LogP contribution >= 0.6 is 0 Å². The summed E-state index contributed by atoms with van der Waals surface area (Å²) in [6.07, 6.45) is 2.54. The minimum absolute atomic E-state index is 0.0990. The lowest BCUT2D eigenvalue weighted by atomic mass is 10.1. The van der Waals surface area contributed by atoms with Crippen LogP contribution in [0.3, 0.4) is 0 Å². The van der Waals surface area contributed by atoms with E-state index in [0.717, 1.165) is 40.0 Å². The molecule has 0 fully saturated rings. The summed E-state index contributed by atoms with van der Waals surface area (Å²) >= 11 is 0. The lowest BCUT2D eigenvalue weighted by molar-refractivity contribution is 0.0954. The number of amides is 1. The first-order chi connectivity index (χ1) is 14.7. The molecule has 0 atom stereocenters. The van der Waals surface area contributed by atoms with E-state index in [0.29, 0.717) is 12.1 Å². The number of fused-ring (bicyclic) bond motifs is 1. The van der Waals surface area contributed by atoms with E-state index in [1.165, 1.54) is 0 Å². The first-order valence-corrected chi connectivity index (χ1v) is 9.85. The van der Waals surface area contributed by atoms with Crippen LogP contribution in [0, 0.1) is 0 Å². The first kappa shape index (κ1) is 19.5. The number of hydrogen-bond donors (Lipinski definition) is 2. The number of aromatic nitrogens is 1. The molecule has 3 aromatic carbocycles. The highest BCUT2D eigenvalue weighted by atomic mass is 16.5. The molecule has 0 bridgehead atoms. The number of ether oxygens (including phenoxy) is 1. The molecular weight excluding hydrogens is 374 g/mol. The Balaban J connectivity index is 1.40. The number of carbonyl (C=O) groups excluding carboxylic acids is 1. The van der Waals surface area contributed by atoms with Crippen molar-refractivity contribution in [1.29, 1.82) is 0 Å². The Morgan fingerprint density at radius 3 is 2.63 bits per heavy atom. The molecule has 0 aliphatic rings. The lowest BCUT2D eigenvalue weighted by Gasteiger charge is -2.11. The van der Waals surface area contributed by atoms with Gasteiger partial charge in [-0.2, -0.15) is 0 Å². The average molecular weight is 397 g/mol. The van der Waals surface area contributed by atoms with E-state index in [1.54, 1.807) is 13.3 Å². The van der Waals surface area contributed by atoms with Gasteiger partial charge in [0.05, 0.1) is 7.11 Å². The third kappa shape index (κ3) is 4.58. The van der Waals surface area contributed by atoms with Gasteiger partial charge in [-0.15, -0.1) is 0 Å². The fourth-order valence-electron chi connectivity index (χ4n) is 3.31. The Hall–Kier alpha value is -3.86. The number of anilines is 2. The predicted octanol–water partition coefficient (Wildman–Crippen LogP) is 4.96. The van der Waals surface area contributed by atoms with E-state index < -0.39 is 0 Å². The Morgan fingerprint density at radius 1 is 0.967 bits per heavy atom. The van der Waals surface area contributed by atoms with Crippen LogP contribution < -0.4 is 15.4 Å². The molecule has 150 valence electrons. The number of nitrogens with zero attached hydrogens (tertiary/aromatic N) is 1. The Morgan fingerprint density at radius 2 is 1.80 bits per heavy atom. The summed E-state index contributed by atoms with van der Waals surface area (Å²) in [4.78, 5) is 17.0. The number of pyridine rings is 1. The van der Waals surface area contributed by atoms with Crippen molar-refractivity contribution in [2.45, 2.75) is 6.42 Å². The first-order valence-electron chi connectivity index (χ1n) is 9.85. The number of rotatable bonds is 7. The summed E-state index contributed by atoms with van der Waals surface area (Å²) in [7, 11) is 1.65. The standard InChI is InChI=1S/C25H23N3O2/c1-30-22-11-9-18(10-12-22)13-15-27-25(29)20-6-4-7-21(17-20)28-24-23-8-3-2-5-19(23)14-16-26-24/h2-12,14,16-17H,13,15H2,1H3,(H,26,28)(H,27,29). The minimum atomic E-state index is -0.0990. The number of benzene rings is 3. The van der Waals surface area contributed by atoms with Crippen LogP contribution in [0.4, 0.5) is 11.5 Å². The normalized spacial score (nSPS) is 10.6. The SMILES string of the molecule is COc1ccc(CCNC(=O)c2cccc(Nc3nccc4ccccc34)c2)cc1. The van der Waals surface area contributed by atoms with Crippen molar-refractivity contribution in [3.05, 3.63) is 96.2 Å². The monoisotopic (exact) mass is 397 g/mol. The van der Waals surface area contributed by atoms with E-state index in [4.69, 9.17) is 4.74 Å². The van der Waals surface area contributed by atoms with Crippen LogP contribution in [0.25, 0.3) is 10.8 Å². The molecule has 4 aromatic rings. The quantitative estimate of drug-likeness (QED) is 0.463. The van der Waals surface area contributed by atoms with Gasteiger partial charge in [-0.05, 0) is 53.8 Å². The lowest BCUT2D eigenvalue weighted by Crippen LogP contribution is -2.25. The Kier molecular flexibility index (Phi) is 5.90. The summed E-state index contributed by atoms with van der Waals surface area (Å²) in [5.41, 5.74) is 2.57. The Bertz CT molecular complexity index is 1150. The molecule has 0 aliphatic heterocycles. The third-order valence-electron chi connectivity index (χ3n) is 4.92. The highest BCUT2D eigenvalue weighted by Gasteiger charge is 2.08. The second-order valence-corrected chi connectivity index (χ2v) is 6.94. The maximum absolute atomic E-state index is 12.6. The van der Waals surface area contributed by atoms with Crippen LogP contribution in [0.1, 0.15) is 15.9 Å². The van der Waals surface area contributed by atoms with Crippen LogP contribution in [0.2, 0.25) is 0 Å². The fourth-order valence-corrected chi connectivity index (χ4v) is 3.31. The van der Waals surface area contributed by atoms with E-state index in [9.17, 15) is 4.79 Å². The topological polar surface area (TPSA) is 63.2 Å². The van der Waals surface area contributed by atoms with Gasteiger partial charge in [-0.25, -0.2) is 4.98 Å². The van der Waals surface area contributed by atoms with Crippen LogP contribution in [0.5, 0.6) is 5.75 Å². The van der Waals surface area contributed by atoms with Gasteiger partial charge in [-0.1, -0.05) is 42.5 Å². The van der Waals surface area contributed by atoms with Gasteiger partial charge >= 0.3 is 0 Å². The number of carbonyl (C=O) groups is 1. The van der Waals surface area contributed by atoms with Gasteiger partial charge in [-0.3, -0.25) is 4.79 Å². The zero-order chi connectivity index (χ0) is 20.8. The molecule has 1 aromatic heterocycles. The van der Waals surface area contributed by atoms with Crippen molar-refractivity contribution in [2.75, 3.05) is 19.0 Å². The highest BCUT2D eigenvalue weighted by molar-refractivity contribution is 5.96. The fraction of sp³-hybridized carbons (Fsp3) is 0.120. The van der Waals surface area contributed by atoms with Gasteiger partial charge in [0.25, 0.3) is 5.91 Å². The van der Waals surface area contributed by atoms with E-state index in [-0.39, 0.29) is 5.91 Å². The van der Waals surface area contributed by atoms with Gasteiger partial charge < -0.3 is 15.4 Å². The largest absolute Gasteiger partial charge is 0.497 e.